The number of hydrogen-bond acceptors (Lipinski definition) is 0. The number of rotatable bonds is 0. The molecule has 0 aliphatic heterocycles. The summed E-state index contributed by atoms with van der Waals surface area (Å²) in [6, 6.07) is 4.77. The van der Waals surface area contributed by atoms with E-state index < -0.39 is 0 Å². The number of benzene rings is 1. The molecule has 2 aliphatic rings. The Kier molecular flexibility index (Phi) is 2.24. The first-order chi connectivity index (χ1) is 7.75. The predicted octanol–water partition coefficient (Wildman–Crippen LogP) is 4.39. The van der Waals surface area contributed by atoms with Crippen molar-refractivity contribution in [2.24, 2.45) is 0 Å². The Morgan fingerprint density at radius 1 is 0.688 bits per heavy atom. The van der Waals surface area contributed by atoms with E-state index in [9.17, 15) is 0 Å². The maximum absolute atomic E-state index is 4.20. The van der Waals surface area contributed by atoms with Crippen LogP contribution in [0.4, 0.5) is 0 Å². The standard InChI is InChI=1S/C16H18/c1-11-5-3-7-13-9-14-8-4-6-12(2)16(14)10-15(11)13/h9-10H,1-8H2. The normalized spacial score (nSPS) is 19.2. The lowest BCUT2D eigenvalue weighted by atomic mass is 9.80. The average molecular weight is 210 g/mol. The molecule has 0 radical (unpaired) electrons. The highest BCUT2D eigenvalue weighted by molar-refractivity contribution is 5.76. The first kappa shape index (κ1) is 9.89. The van der Waals surface area contributed by atoms with Crippen LogP contribution < -0.4 is 0 Å². The highest BCUT2D eigenvalue weighted by Crippen LogP contribution is 2.37. The summed E-state index contributed by atoms with van der Waals surface area (Å²) in [6.07, 6.45) is 7.33. The van der Waals surface area contributed by atoms with Gasteiger partial charge in [-0.1, -0.05) is 19.2 Å². The van der Waals surface area contributed by atoms with Crippen molar-refractivity contribution in [2.45, 2.75) is 38.5 Å². The van der Waals surface area contributed by atoms with Gasteiger partial charge >= 0.3 is 0 Å². The first-order valence-corrected chi connectivity index (χ1v) is 6.28. The molecule has 1 aromatic carbocycles. The van der Waals surface area contributed by atoms with Crippen molar-refractivity contribution in [3.63, 3.8) is 0 Å². The van der Waals surface area contributed by atoms with E-state index in [1.165, 1.54) is 59.1 Å². The van der Waals surface area contributed by atoms with Crippen molar-refractivity contribution in [3.05, 3.63) is 47.5 Å². The zero-order valence-corrected chi connectivity index (χ0v) is 9.81. The topological polar surface area (TPSA) is 0 Å². The Morgan fingerprint density at radius 3 is 1.69 bits per heavy atom. The number of aryl methyl sites for hydroxylation is 2. The molecule has 0 spiro atoms. The summed E-state index contributed by atoms with van der Waals surface area (Å²) in [7, 11) is 0. The van der Waals surface area contributed by atoms with Crippen LogP contribution in [0, 0.1) is 0 Å². The minimum atomic E-state index is 1.16. The molecule has 0 unspecified atom stereocenters. The summed E-state index contributed by atoms with van der Waals surface area (Å²) < 4.78 is 0. The maximum atomic E-state index is 4.20. The van der Waals surface area contributed by atoms with E-state index in [2.05, 4.69) is 25.3 Å². The second-order valence-electron chi connectivity index (χ2n) is 5.08. The summed E-state index contributed by atoms with van der Waals surface area (Å²) in [6.45, 7) is 8.40. The summed E-state index contributed by atoms with van der Waals surface area (Å²) in [5, 5.41) is 0. The van der Waals surface area contributed by atoms with E-state index in [-0.39, 0.29) is 0 Å². The van der Waals surface area contributed by atoms with Gasteiger partial charge in [0.25, 0.3) is 0 Å². The fourth-order valence-electron chi connectivity index (χ4n) is 3.02. The average Bonchev–Trinajstić information content (AvgIpc) is 2.28. The Balaban J connectivity index is 2.18. The monoisotopic (exact) mass is 210 g/mol. The maximum Gasteiger partial charge on any atom is -0.0192 e. The van der Waals surface area contributed by atoms with Gasteiger partial charge in [0.15, 0.2) is 0 Å². The molecule has 0 fully saturated rings. The van der Waals surface area contributed by atoms with Gasteiger partial charge in [-0.2, -0.15) is 0 Å². The lowest BCUT2D eigenvalue weighted by Crippen LogP contribution is -2.08. The molecule has 0 nitrogen and oxygen atoms in total. The fraction of sp³-hybridized carbons (Fsp3) is 0.375. The molecule has 0 saturated carbocycles. The summed E-state index contributed by atoms with van der Waals surface area (Å²) in [4.78, 5) is 0. The third kappa shape index (κ3) is 1.44. The smallest absolute Gasteiger partial charge is 0.0192 e. The molecule has 0 amide bonds. The second-order valence-corrected chi connectivity index (χ2v) is 5.08. The van der Waals surface area contributed by atoms with Gasteiger partial charge in [0, 0.05) is 0 Å². The fourth-order valence-corrected chi connectivity index (χ4v) is 3.02. The molecule has 1 aromatic rings. The second kappa shape index (κ2) is 3.62. The quantitative estimate of drug-likeness (QED) is 0.596. The van der Waals surface area contributed by atoms with E-state index in [1.54, 1.807) is 0 Å². The van der Waals surface area contributed by atoms with Crippen molar-refractivity contribution in [2.75, 3.05) is 0 Å². The van der Waals surface area contributed by atoms with Gasteiger partial charge < -0.3 is 0 Å². The van der Waals surface area contributed by atoms with Crippen LogP contribution in [0.1, 0.15) is 47.9 Å². The van der Waals surface area contributed by atoms with Crippen LogP contribution in [0.5, 0.6) is 0 Å². The third-order valence-electron chi connectivity index (χ3n) is 3.94. The van der Waals surface area contributed by atoms with Crippen LogP contribution in [-0.4, -0.2) is 0 Å². The van der Waals surface area contributed by atoms with Crippen LogP contribution in [0.3, 0.4) is 0 Å². The molecule has 0 heteroatoms. The minimum absolute atomic E-state index is 1.16. The molecular formula is C16H18. The van der Waals surface area contributed by atoms with Gasteiger partial charge in [0.2, 0.25) is 0 Å². The van der Waals surface area contributed by atoms with Gasteiger partial charge in [0.05, 0.1) is 0 Å². The van der Waals surface area contributed by atoms with Crippen LogP contribution in [0.15, 0.2) is 25.3 Å². The van der Waals surface area contributed by atoms with E-state index in [0.29, 0.717) is 0 Å². The number of allylic oxidation sites excluding steroid dienone is 2. The summed E-state index contributed by atoms with van der Waals surface area (Å²) >= 11 is 0. The predicted molar refractivity (Wildman–Crippen MR) is 70.4 cm³/mol. The number of fused-ring (bicyclic) bond motifs is 2. The molecular weight excluding hydrogens is 192 g/mol. The molecule has 0 bridgehead atoms. The number of hydrogen-bond donors (Lipinski definition) is 0. The highest BCUT2D eigenvalue weighted by atomic mass is 14.2. The zero-order valence-electron chi connectivity index (χ0n) is 9.81. The molecule has 82 valence electrons. The summed E-state index contributed by atoms with van der Waals surface area (Å²) in [5.41, 5.74) is 8.50. The third-order valence-corrected chi connectivity index (χ3v) is 3.94. The SMILES string of the molecule is C=C1CCCc2cc3c(cc21)C(=C)CCC3. The Morgan fingerprint density at radius 2 is 1.19 bits per heavy atom. The van der Waals surface area contributed by atoms with Crippen molar-refractivity contribution in [1.29, 1.82) is 0 Å². The lowest BCUT2D eigenvalue weighted by molar-refractivity contribution is 0.796. The molecule has 0 N–H and O–H groups in total. The van der Waals surface area contributed by atoms with E-state index >= 15 is 0 Å². The van der Waals surface area contributed by atoms with E-state index in [0.717, 1.165) is 12.8 Å². The van der Waals surface area contributed by atoms with Crippen LogP contribution in [0.2, 0.25) is 0 Å². The van der Waals surface area contributed by atoms with Crippen LogP contribution in [0.25, 0.3) is 11.1 Å². The Hall–Kier alpha value is -1.30. The van der Waals surface area contributed by atoms with Gasteiger partial charge in [0.1, 0.15) is 0 Å². The molecule has 3 rings (SSSR count). The van der Waals surface area contributed by atoms with Crippen LogP contribution >= 0.6 is 0 Å². The van der Waals surface area contributed by atoms with Crippen molar-refractivity contribution >= 4 is 11.1 Å². The van der Waals surface area contributed by atoms with Gasteiger partial charge in [-0.25, -0.2) is 0 Å². The molecule has 0 atom stereocenters. The molecule has 0 heterocycles. The Labute approximate surface area is 97.7 Å². The van der Waals surface area contributed by atoms with Crippen molar-refractivity contribution < 1.29 is 0 Å². The minimum Gasteiger partial charge on any atom is -0.0952 e. The van der Waals surface area contributed by atoms with E-state index in [4.69, 9.17) is 0 Å². The van der Waals surface area contributed by atoms with E-state index in [1.807, 2.05) is 0 Å². The highest BCUT2D eigenvalue weighted by Gasteiger charge is 2.19. The molecule has 0 saturated heterocycles. The molecule has 2 aliphatic carbocycles. The first-order valence-electron chi connectivity index (χ1n) is 6.28. The summed E-state index contributed by atoms with van der Waals surface area (Å²) in [5.74, 6) is 0. The van der Waals surface area contributed by atoms with Crippen molar-refractivity contribution in [3.8, 4) is 0 Å². The van der Waals surface area contributed by atoms with Crippen LogP contribution in [-0.2, 0) is 12.8 Å². The lowest BCUT2D eigenvalue weighted by Gasteiger charge is -2.25. The Bertz CT molecular complexity index is 436. The molecule has 0 aromatic heterocycles. The van der Waals surface area contributed by atoms with Gasteiger partial charge in [-0.05, 0) is 78.0 Å². The van der Waals surface area contributed by atoms with Crippen molar-refractivity contribution in [1.82, 2.24) is 0 Å². The van der Waals surface area contributed by atoms with Gasteiger partial charge in [-0.3, -0.25) is 0 Å². The molecule has 16 heavy (non-hydrogen) atoms. The zero-order chi connectivity index (χ0) is 11.1. The largest absolute Gasteiger partial charge is 0.0952 e. The van der Waals surface area contributed by atoms with Gasteiger partial charge in [-0.15, -0.1) is 0 Å².